The standard InChI is InChI=1S/C51H100N2O6/c1-6-10-14-18-20-28-37-47(36-26-16-12-8-3)50(56)52(5)46-49(55)58-44-34-24-22-30-40-53(42-32-33-43-54)41-31-23-25-35-45-59-51(57)48(38-27-17-13-9-4)39-29-21-19-15-11-7-2/h47-48,54H,6-46H2,1-5H3. The van der Waals surface area contributed by atoms with Gasteiger partial charge in [-0.25, -0.2) is 0 Å². The smallest absolute Gasteiger partial charge is 0.325 e. The molecule has 0 fully saturated rings. The molecule has 0 rings (SSSR count). The Labute approximate surface area is 366 Å². The van der Waals surface area contributed by atoms with Crippen molar-refractivity contribution in [1.29, 1.82) is 0 Å². The van der Waals surface area contributed by atoms with Gasteiger partial charge in [-0.15, -0.1) is 0 Å². The molecule has 0 aliphatic carbocycles. The minimum Gasteiger partial charge on any atom is -0.465 e. The topological polar surface area (TPSA) is 96.4 Å². The van der Waals surface area contributed by atoms with E-state index in [0.717, 1.165) is 135 Å². The number of aliphatic hydroxyl groups excluding tert-OH is 1. The van der Waals surface area contributed by atoms with Gasteiger partial charge < -0.3 is 24.4 Å². The second-order valence-corrected chi connectivity index (χ2v) is 17.9. The first-order valence-electron chi connectivity index (χ1n) is 25.7. The van der Waals surface area contributed by atoms with E-state index in [1.54, 1.807) is 11.9 Å². The summed E-state index contributed by atoms with van der Waals surface area (Å²) >= 11 is 0. The fourth-order valence-corrected chi connectivity index (χ4v) is 8.22. The maximum atomic E-state index is 13.3. The summed E-state index contributed by atoms with van der Waals surface area (Å²) in [5.74, 6) is -0.0709. The molecule has 0 aromatic rings. The van der Waals surface area contributed by atoms with E-state index in [0.29, 0.717) is 13.2 Å². The van der Waals surface area contributed by atoms with Gasteiger partial charge in [0.1, 0.15) is 6.54 Å². The van der Waals surface area contributed by atoms with Crippen molar-refractivity contribution in [3.8, 4) is 0 Å². The van der Waals surface area contributed by atoms with Crippen LogP contribution in [0.15, 0.2) is 0 Å². The molecule has 1 N–H and O–H groups in total. The number of amides is 1. The summed E-state index contributed by atoms with van der Waals surface area (Å²) in [6.07, 6.45) is 38.4. The van der Waals surface area contributed by atoms with Gasteiger partial charge in [0.05, 0.1) is 19.1 Å². The Morgan fingerprint density at radius 1 is 0.441 bits per heavy atom. The van der Waals surface area contributed by atoms with Crippen LogP contribution in [-0.2, 0) is 23.9 Å². The summed E-state index contributed by atoms with van der Waals surface area (Å²) in [5.41, 5.74) is 0. The third-order valence-electron chi connectivity index (χ3n) is 12.2. The summed E-state index contributed by atoms with van der Waals surface area (Å²) in [5, 5.41) is 9.33. The minimum absolute atomic E-state index is 0.0118. The number of nitrogens with zero attached hydrogens (tertiary/aromatic N) is 2. The number of ether oxygens (including phenoxy) is 2. The van der Waals surface area contributed by atoms with Crippen LogP contribution in [0.25, 0.3) is 0 Å². The zero-order valence-corrected chi connectivity index (χ0v) is 40.0. The molecule has 8 heteroatoms. The SMILES string of the molecule is CCCCCCCCC(CCCCCC)C(=O)OCCCCCCN(CCCCO)CCCCCCOC(=O)CN(C)C(=O)C(CCCCCC)CCCCCCCC. The summed E-state index contributed by atoms with van der Waals surface area (Å²) in [6, 6.07) is 0. The van der Waals surface area contributed by atoms with Crippen molar-refractivity contribution in [2.24, 2.45) is 11.8 Å². The predicted molar refractivity (Wildman–Crippen MR) is 250 cm³/mol. The molecule has 350 valence electrons. The third kappa shape index (κ3) is 36.7. The lowest BCUT2D eigenvalue weighted by Crippen LogP contribution is -2.37. The van der Waals surface area contributed by atoms with Crippen molar-refractivity contribution in [2.75, 3.05) is 53.0 Å². The van der Waals surface area contributed by atoms with Crippen molar-refractivity contribution >= 4 is 17.8 Å². The molecule has 8 nitrogen and oxygen atoms in total. The Morgan fingerprint density at radius 3 is 1.25 bits per heavy atom. The van der Waals surface area contributed by atoms with Crippen molar-refractivity contribution in [3.05, 3.63) is 0 Å². The van der Waals surface area contributed by atoms with Gasteiger partial charge in [-0.2, -0.15) is 0 Å². The molecule has 0 heterocycles. The number of likely N-dealkylation sites (N-methyl/N-ethyl adjacent to an activating group) is 1. The lowest BCUT2D eigenvalue weighted by Gasteiger charge is -2.23. The Kier molecular flexibility index (Phi) is 43.1. The van der Waals surface area contributed by atoms with Crippen LogP contribution in [0.5, 0.6) is 0 Å². The second kappa shape index (κ2) is 44.4. The van der Waals surface area contributed by atoms with Crippen molar-refractivity contribution in [3.63, 3.8) is 0 Å². The molecular weight excluding hydrogens is 737 g/mol. The first kappa shape index (κ1) is 57.3. The Morgan fingerprint density at radius 2 is 0.797 bits per heavy atom. The number of hydrogen-bond acceptors (Lipinski definition) is 7. The lowest BCUT2D eigenvalue weighted by atomic mass is 9.93. The fourth-order valence-electron chi connectivity index (χ4n) is 8.22. The average molecular weight is 837 g/mol. The van der Waals surface area contributed by atoms with Crippen LogP contribution < -0.4 is 0 Å². The molecule has 0 radical (unpaired) electrons. The van der Waals surface area contributed by atoms with Crippen LogP contribution in [0, 0.1) is 11.8 Å². The lowest BCUT2D eigenvalue weighted by molar-refractivity contribution is -0.150. The highest BCUT2D eigenvalue weighted by atomic mass is 16.5. The molecule has 0 bridgehead atoms. The molecule has 2 unspecified atom stereocenters. The maximum Gasteiger partial charge on any atom is 0.325 e. The highest BCUT2D eigenvalue weighted by Gasteiger charge is 2.23. The van der Waals surface area contributed by atoms with Gasteiger partial charge in [0.25, 0.3) is 0 Å². The van der Waals surface area contributed by atoms with Crippen molar-refractivity contribution < 1.29 is 29.0 Å². The van der Waals surface area contributed by atoms with Gasteiger partial charge in [0.15, 0.2) is 0 Å². The normalized spacial score (nSPS) is 12.5. The van der Waals surface area contributed by atoms with Gasteiger partial charge in [-0.1, -0.05) is 182 Å². The van der Waals surface area contributed by atoms with Crippen LogP contribution >= 0.6 is 0 Å². The van der Waals surface area contributed by atoms with E-state index in [1.165, 1.54) is 103 Å². The van der Waals surface area contributed by atoms with Gasteiger partial charge in [-0.05, 0) is 83.8 Å². The van der Waals surface area contributed by atoms with Gasteiger partial charge in [-0.3, -0.25) is 14.4 Å². The van der Waals surface area contributed by atoms with Crippen LogP contribution in [-0.4, -0.2) is 85.8 Å². The molecule has 0 spiro atoms. The number of unbranched alkanes of at least 4 members (excludes halogenated alkanes) is 23. The van der Waals surface area contributed by atoms with E-state index < -0.39 is 0 Å². The monoisotopic (exact) mass is 837 g/mol. The Hall–Kier alpha value is -1.67. The zero-order valence-electron chi connectivity index (χ0n) is 40.0. The highest BCUT2D eigenvalue weighted by Crippen LogP contribution is 2.22. The summed E-state index contributed by atoms with van der Waals surface area (Å²) in [7, 11) is 1.76. The molecule has 0 saturated heterocycles. The summed E-state index contributed by atoms with van der Waals surface area (Å²) < 4.78 is 11.4. The first-order chi connectivity index (χ1) is 28.8. The van der Waals surface area contributed by atoms with E-state index in [2.05, 4.69) is 32.6 Å². The molecule has 0 saturated carbocycles. The molecule has 1 amide bonds. The second-order valence-electron chi connectivity index (χ2n) is 17.9. The predicted octanol–water partition coefficient (Wildman–Crippen LogP) is 13.4. The van der Waals surface area contributed by atoms with Gasteiger partial charge in [0.2, 0.25) is 5.91 Å². The molecule has 0 aliphatic heterocycles. The van der Waals surface area contributed by atoms with Crippen LogP contribution in [0.3, 0.4) is 0 Å². The number of esters is 2. The minimum atomic E-state index is -0.302. The van der Waals surface area contributed by atoms with E-state index in [-0.39, 0.29) is 42.8 Å². The number of aliphatic hydroxyl groups is 1. The number of carbonyl (C=O) groups is 3. The number of rotatable bonds is 46. The average Bonchev–Trinajstić information content (AvgIpc) is 3.23. The molecule has 2 atom stereocenters. The van der Waals surface area contributed by atoms with Gasteiger partial charge >= 0.3 is 11.9 Å². The largest absolute Gasteiger partial charge is 0.465 e. The molecule has 0 aromatic carbocycles. The first-order valence-corrected chi connectivity index (χ1v) is 25.7. The van der Waals surface area contributed by atoms with E-state index in [9.17, 15) is 19.5 Å². The molecular formula is C51H100N2O6. The third-order valence-corrected chi connectivity index (χ3v) is 12.2. The maximum absolute atomic E-state index is 13.3. The quantitative estimate of drug-likeness (QED) is 0.0482. The van der Waals surface area contributed by atoms with E-state index in [4.69, 9.17) is 9.47 Å². The van der Waals surface area contributed by atoms with Crippen molar-refractivity contribution in [2.45, 2.75) is 246 Å². The van der Waals surface area contributed by atoms with Gasteiger partial charge in [0, 0.05) is 19.6 Å². The molecule has 0 aromatic heterocycles. The highest BCUT2D eigenvalue weighted by molar-refractivity contribution is 5.83. The molecule has 0 aliphatic rings. The fraction of sp³-hybridized carbons (Fsp3) is 0.941. The van der Waals surface area contributed by atoms with E-state index >= 15 is 0 Å². The van der Waals surface area contributed by atoms with Crippen LogP contribution in [0.4, 0.5) is 0 Å². The number of hydrogen-bond donors (Lipinski definition) is 1. The molecule has 59 heavy (non-hydrogen) atoms. The summed E-state index contributed by atoms with van der Waals surface area (Å²) in [4.78, 5) is 43.1. The van der Waals surface area contributed by atoms with Crippen LogP contribution in [0.1, 0.15) is 246 Å². The summed E-state index contributed by atoms with van der Waals surface area (Å²) in [6.45, 7) is 13.3. The Balaban J connectivity index is 4.42. The number of carbonyl (C=O) groups excluding carboxylic acids is 3. The zero-order chi connectivity index (χ0) is 43.4. The van der Waals surface area contributed by atoms with Crippen molar-refractivity contribution in [1.82, 2.24) is 9.80 Å². The Bertz CT molecular complexity index is 932. The van der Waals surface area contributed by atoms with Crippen LogP contribution in [0.2, 0.25) is 0 Å². The van der Waals surface area contributed by atoms with E-state index in [1.807, 2.05) is 0 Å².